The third-order valence-electron chi connectivity index (χ3n) is 4.08. The molecular formula is C20H19NO2S. The van der Waals surface area contributed by atoms with E-state index >= 15 is 0 Å². The minimum Gasteiger partial charge on any atom is -0.341 e. The van der Waals surface area contributed by atoms with Gasteiger partial charge in [0.2, 0.25) is 5.91 Å². The molecule has 0 aliphatic rings. The van der Waals surface area contributed by atoms with Gasteiger partial charge in [-0.1, -0.05) is 48.5 Å². The molecule has 0 unspecified atom stereocenters. The molecule has 122 valence electrons. The molecule has 2 aromatic carbocycles. The van der Waals surface area contributed by atoms with Gasteiger partial charge in [0.1, 0.15) is 0 Å². The quantitative estimate of drug-likeness (QED) is 0.620. The van der Waals surface area contributed by atoms with Gasteiger partial charge in [-0.25, -0.2) is 0 Å². The van der Waals surface area contributed by atoms with Crippen LogP contribution in [0.4, 0.5) is 0 Å². The molecule has 0 N–H and O–H groups in total. The maximum absolute atomic E-state index is 12.3. The van der Waals surface area contributed by atoms with Crippen LogP contribution >= 0.6 is 11.3 Å². The maximum Gasteiger partial charge on any atom is 0.223 e. The van der Waals surface area contributed by atoms with Gasteiger partial charge in [-0.3, -0.25) is 9.59 Å². The van der Waals surface area contributed by atoms with Crippen LogP contribution in [0.3, 0.4) is 0 Å². The monoisotopic (exact) mass is 337 g/mol. The summed E-state index contributed by atoms with van der Waals surface area (Å²) >= 11 is 1.42. The summed E-state index contributed by atoms with van der Waals surface area (Å²) in [7, 11) is 1.79. The Bertz CT molecular complexity index is 850. The lowest BCUT2D eigenvalue weighted by Crippen LogP contribution is -2.26. The number of fused-ring (bicyclic) bond motifs is 1. The molecule has 1 heterocycles. The summed E-state index contributed by atoms with van der Waals surface area (Å²) in [5.41, 5.74) is 1.12. The Morgan fingerprint density at radius 1 is 0.958 bits per heavy atom. The molecule has 0 aliphatic carbocycles. The van der Waals surface area contributed by atoms with E-state index in [2.05, 4.69) is 18.2 Å². The van der Waals surface area contributed by atoms with Gasteiger partial charge in [0.25, 0.3) is 0 Å². The fourth-order valence-corrected chi connectivity index (χ4v) is 3.44. The number of rotatable bonds is 6. The minimum atomic E-state index is -0.00663. The van der Waals surface area contributed by atoms with E-state index in [1.807, 2.05) is 35.7 Å². The van der Waals surface area contributed by atoms with Crippen molar-refractivity contribution in [3.8, 4) is 0 Å². The average Bonchev–Trinajstić information content (AvgIpc) is 3.14. The highest BCUT2D eigenvalue weighted by atomic mass is 32.1. The summed E-state index contributed by atoms with van der Waals surface area (Å²) in [6, 6.07) is 17.9. The molecule has 0 bridgehead atoms. The third-order valence-corrected chi connectivity index (χ3v) is 4.99. The van der Waals surface area contributed by atoms with Crippen LogP contribution in [0, 0.1) is 0 Å². The van der Waals surface area contributed by atoms with Crippen LogP contribution in [-0.4, -0.2) is 23.6 Å². The van der Waals surface area contributed by atoms with Gasteiger partial charge in [0, 0.05) is 26.4 Å². The molecule has 1 aromatic heterocycles. The largest absolute Gasteiger partial charge is 0.341 e. The Morgan fingerprint density at radius 2 is 1.75 bits per heavy atom. The van der Waals surface area contributed by atoms with Crippen LogP contribution in [-0.2, 0) is 11.3 Å². The van der Waals surface area contributed by atoms with Crippen LogP contribution < -0.4 is 0 Å². The van der Waals surface area contributed by atoms with Crippen molar-refractivity contribution < 1.29 is 9.59 Å². The van der Waals surface area contributed by atoms with E-state index in [0.29, 0.717) is 6.54 Å². The number of carbonyl (C=O) groups excluding carboxylic acids is 2. The number of ketones is 1. The van der Waals surface area contributed by atoms with Gasteiger partial charge < -0.3 is 4.90 Å². The first kappa shape index (κ1) is 16.4. The van der Waals surface area contributed by atoms with E-state index in [0.717, 1.165) is 15.8 Å². The van der Waals surface area contributed by atoms with Crippen molar-refractivity contribution >= 4 is 33.8 Å². The minimum absolute atomic E-state index is 0.00663. The van der Waals surface area contributed by atoms with Gasteiger partial charge in [-0.05, 0) is 27.8 Å². The first-order valence-corrected chi connectivity index (χ1v) is 8.80. The van der Waals surface area contributed by atoms with Gasteiger partial charge in [0.05, 0.1) is 4.88 Å². The van der Waals surface area contributed by atoms with Crippen molar-refractivity contribution in [2.24, 2.45) is 0 Å². The van der Waals surface area contributed by atoms with Crippen molar-refractivity contribution in [2.75, 3.05) is 7.05 Å². The topological polar surface area (TPSA) is 37.4 Å². The number of amides is 1. The molecule has 4 heteroatoms. The van der Waals surface area contributed by atoms with Crippen LogP contribution in [0.1, 0.15) is 28.1 Å². The fraction of sp³-hybridized carbons (Fsp3) is 0.200. The zero-order chi connectivity index (χ0) is 16.9. The fourth-order valence-electron chi connectivity index (χ4n) is 2.75. The van der Waals surface area contributed by atoms with E-state index in [1.54, 1.807) is 18.0 Å². The van der Waals surface area contributed by atoms with Gasteiger partial charge in [-0.15, -0.1) is 11.3 Å². The number of benzene rings is 2. The number of nitrogens with zero attached hydrogens (tertiary/aromatic N) is 1. The van der Waals surface area contributed by atoms with Crippen molar-refractivity contribution in [3.05, 3.63) is 70.4 Å². The van der Waals surface area contributed by atoms with Crippen LogP contribution in [0.25, 0.3) is 10.8 Å². The van der Waals surface area contributed by atoms with Gasteiger partial charge in [-0.2, -0.15) is 0 Å². The number of hydrogen-bond donors (Lipinski definition) is 0. The third kappa shape index (κ3) is 3.71. The molecule has 0 atom stereocenters. The van der Waals surface area contributed by atoms with E-state index in [4.69, 9.17) is 0 Å². The number of hydrogen-bond acceptors (Lipinski definition) is 3. The highest BCUT2D eigenvalue weighted by Gasteiger charge is 2.14. The van der Waals surface area contributed by atoms with E-state index in [9.17, 15) is 9.59 Å². The summed E-state index contributed by atoms with van der Waals surface area (Å²) in [6.07, 6.45) is 0.511. The molecular weight excluding hydrogens is 318 g/mol. The SMILES string of the molecule is CN(Cc1cccc2ccccc12)C(=O)CCC(=O)c1cccs1. The van der Waals surface area contributed by atoms with Crippen LogP contribution in [0.15, 0.2) is 60.0 Å². The Balaban J connectivity index is 1.62. The second-order valence-electron chi connectivity index (χ2n) is 5.79. The molecule has 0 aliphatic heterocycles. The molecule has 3 nitrogen and oxygen atoms in total. The zero-order valence-electron chi connectivity index (χ0n) is 13.6. The molecule has 1 amide bonds. The molecule has 0 fully saturated rings. The van der Waals surface area contributed by atoms with Crippen LogP contribution in [0.5, 0.6) is 0 Å². The van der Waals surface area contributed by atoms with Crippen molar-refractivity contribution in [2.45, 2.75) is 19.4 Å². The summed E-state index contributed by atoms with van der Waals surface area (Å²) in [5.74, 6) is 0.0322. The van der Waals surface area contributed by atoms with Gasteiger partial charge >= 0.3 is 0 Å². The molecule has 3 rings (SSSR count). The maximum atomic E-state index is 12.3. The predicted molar refractivity (Wildman–Crippen MR) is 98.3 cm³/mol. The highest BCUT2D eigenvalue weighted by molar-refractivity contribution is 7.12. The van der Waals surface area contributed by atoms with Crippen LogP contribution in [0.2, 0.25) is 0 Å². The summed E-state index contributed by atoms with van der Waals surface area (Å²) < 4.78 is 0. The predicted octanol–water partition coefficient (Wildman–Crippen LogP) is 4.52. The second-order valence-corrected chi connectivity index (χ2v) is 6.74. The highest BCUT2D eigenvalue weighted by Crippen LogP contribution is 2.20. The van der Waals surface area contributed by atoms with E-state index in [1.165, 1.54) is 16.7 Å². The Morgan fingerprint density at radius 3 is 2.54 bits per heavy atom. The first-order valence-electron chi connectivity index (χ1n) is 7.92. The average molecular weight is 337 g/mol. The molecule has 3 aromatic rings. The number of carbonyl (C=O) groups is 2. The zero-order valence-corrected chi connectivity index (χ0v) is 14.4. The summed E-state index contributed by atoms with van der Waals surface area (Å²) in [4.78, 5) is 26.8. The number of Topliss-reactive ketones (excluding diaryl/α,β-unsaturated/α-hetero) is 1. The van der Waals surface area contributed by atoms with Crippen molar-refractivity contribution in [1.29, 1.82) is 0 Å². The van der Waals surface area contributed by atoms with Crippen molar-refractivity contribution in [1.82, 2.24) is 4.90 Å². The standard InChI is InChI=1S/C20H19NO2S/c1-21(20(23)12-11-18(22)19-10-5-13-24-19)14-16-8-4-7-15-6-2-3-9-17(15)16/h2-10,13H,11-12,14H2,1H3. The Labute approximate surface area is 145 Å². The van der Waals surface area contributed by atoms with E-state index in [-0.39, 0.29) is 24.5 Å². The molecule has 0 saturated heterocycles. The van der Waals surface area contributed by atoms with Gasteiger partial charge in [0.15, 0.2) is 5.78 Å². The smallest absolute Gasteiger partial charge is 0.223 e. The Kier molecular flexibility index (Phi) is 5.06. The number of thiophene rings is 1. The summed E-state index contributed by atoms with van der Waals surface area (Å²) in [5, 5.41) is 4.21. The molecule has 0 spiro atoms. The summed E-state index contributed by atoms with van der Waals surface area (Å²) in [6.45, 7) is 0.549. The lowest BCUT2D eigenvalue weighted by molar-refractivity contribution is -0.130. The molecule has 24 heavy (non-hydrogen) atoms. The Hall–Kier alpha value is -2.46. The van der Waals surface area contributed by atoms with E-state index < -0.39 is 0 Å². The van der Waals surface area contributed by atoms with Crippen molar-refractivity contribution in [3.63, 3.8) is 0 Å². The molecule has 0 radical (unpaired) electrons. The lowest BCUT2D eigenvalue weighted by Gasteiger charge is -2.18. The normalized spacial score (nSPS) is 10.7. The second kappa shape index (κ2) is 7.41. The lowest BCUT2D eigenvalue weighted by atomic mass is 10.0. The first-order chi connectivity index (χ1) is 11.6. The molecule has 0 saturated carbocycles.